The van der Waals surface area contributed by atoms with Gasteiger partial charge in [-0.15, -0.1) is 0 Å². The van der Waals surface area contributed by atoms with Gasteiger partial charge in [0.1, 0.15) is 11.9 Å². The Balaban J connectivity index is 1.47. The highest BCUT2D eigenvalue weighted by Gasteiger charge is 2.47. The van der Waals surface area contributed by atoms with Crippen LogP contribution < -0.4 is 11.1 Å². The second kappa shape index (κ2) is 10.1. The largest absolute Gasteiger partial charge is 0.369 e. The smallest absolute Gasteiger partial charge is 0.254 e. The van der Waals surface area contributed by atoms with E-state index in [9.17, 15) is 18.8 Å². The Bertz CT molecular complexity index is 996. The van der Waals surface area contributed by atoms with Crippen molar-refractivity contribution in [1.29, 1.82) is 0 Å². The maximum absolute atomic E-state index is 13.4. The number of likely N-dealkylation sites (tertiary alicyclic amines) is 1. The number of fused-ring (bicyclic) bond motifs is 1. The van der Waals surface area contributed by atoms with Crippen molar-refractivity contribution in [2.45, 2.75) is 50.6 Å². The number of nitrogens with zero attached hydrogens (tertiary/aromatic N) is 1. The van der Waals surface area contributed by atoms with Crippen LogP contribution in [-0.2, 0) is 16.0 Å². The van der Waals surface area contributed by atoms with Crippen molar-refractivity contribution in [3.63, 3.8) is 0 Å². The number of amides is 3. The van der Waals surface area contributed by atoms with Gasteiger partial charge in [-0.2, -0.15) is 0 Å². The van der Waals surface area contributed by atoms with E-state index < -0.39 is 17.9 Å². The van der Waals surface area contributed by atoms with Gasteiger partial charge in [0.2, 0.25) is 11.8 Å². The number of hydrogen-bond donors (Lipinski definition) is 2. The summed E-state index contributed by atoms with van der Waals surface area (Å²) in [5.41, 5.74) is 6.91. The summed E-state index contributed by atoms with van der Waals surface area (Å²) in [4.78, 5) is 40.4. The molecule has 2 aliphatic rings. The van der Waals surface area contributed by atoms with Gasteiger partial charge in [-0.3, -0.25) is 14.4 Å². The Hall–Kier alpha value is -3.22. The third-order valence-corrected chi connectivity index (χ3v) is 6.97. The summed E-state index contributed by atoms with van der Waals surface area (Å²) in [5, 5.41) is 2.88. The number of benzene rings is 2. The summed E-state index contributed by atoms with van der Waals surface area (Å²) >= 11 is 0. The maximum Gasteiger partial charge on any atom is 0.254 e. The van der Waals surface area contributed by atoms with Crippen molar-refractivity contribution in [2.75, 3.05) is 6.54 Å². The third-order valence-electron chi connectivity index (χ3n) is 6.97. The zero-order valence-corrected chi connectivity index (χ0v) is 18.6. The molecular formula is C26H30FN3O3. The normalized spacial score (nSPS) is 22.9. The van der Waals surface area contributed by atoms with Gasteiger partial charge >= 0.3 is 0 Å². The lowest BCUT2D eigenvalue weighted by Gasteiger charge is -2.33. The van der Waals surface area contributed by atoms with Crippen LogP contribution in [-0.4, -0.2) is 41.2 Å². The van der Waals surface area contributed by atoms with E-state index in [1.54, 1.807) is 29.2 Å². The number of carbonyl (C=O) groups excluding carboxylic acids is 3. The first-order chi connectivity index (χ1) is 15.9. The van der Waals surface area contributed by atoms with Crippen LogP contribution >= 0.6 is 0 Å². The highest BCUT2D eigenvalue weighted by atomic mass is 19.1. The van der Waals surface area contributed by atoms with Gasteiger partial charge in [-0.05, 0) is 61.4 Å². The van der Waals surface area contributed by atoms with Crippen molar-refractivity contribution >= 4 is 17.7 Å². The molecule has 1 saturated heterocycles. The summed E-state index contributed by atoms with van der Waals surface area (Å²) in [5.74, 6) is -1.57. The van der Waals surface area contributed by atoms with Crippen LogP contribution in [0.4, 0.5) is 4.39 Å². The van der Waals surface area contributed by atoms with Crippen molar-refractivity contribution in [3.05, 3.63) is 71.5 Å². The molecule has 33 heavy (non-hydrogen) atoms. The fourth-order valence-corrected chi connectivity index (χ4v) is 5.24. The molecule has 7 heteroatoms. The fraction of sp³-hybridized carbons (Fsp3) is 0.423. The number of hydrogen-bond acceptors (Lipinski definition) is 3. The highest BCUT2D eigenvalue weighted by molar-refractivity contribution is 5.98. The zero-order chi connectivity index (χ0) is 23.4. The SMILES string of the molecule is NC(=O)C(CNC(=O)C1CC2CCCCC2N1C(=O)c1ccccc1)Cc1ccc(F)cc1. The van der Waals surface area contributed by atoms with Crippen LogP contribution in [0.1, 0.15) is 48.0 Å². The molecule has 0 bridgehead atoms. The Morgan fingerprint density at radius 2 is 1.73 bits per heavy atom. The number of rotatable bonds is 7. The van der Waals surface area contributed by atoms with E-state index in [2.05, 4.69) is 5.32 Å². The molecule has 1 heterocycles. The summed E-state index contributed by atoms with van der Waals surface area (Å²) < 4.78 is 13.2. The standard InChI is InChI=1S/C26H30FN3O3/c27-21-12-10-17(11-13-21)14-20(24(28)31)16-29-25(32)23-15-19-8-4-5-9-22(19)30(23)26(33)18-6-2-1-3-7-18/h1-3,6-7,10-13,19-20,22-23H,4-5,8-9,14-16H2,(H2,28,31)(H,29,32). The molecular weight excluding hydrogens is 421 g/mol. The van der Waals surface area contributed by atoms with Crippen LogP contribution in [0.2, 0.25) is 0 Å². The Morgan fingerprint density at radius 3 is 2.42 bits per heavy atom. The third kappa shape index (κ3) is 5.24. The molecule has 1 aliphatic heterocycles. The van der Waals surface area contributed by atoms with E-state index in [0.717, 1.165) is 31.2 Å². The molecule has 3 amide bonds. The first-order valence-electron chi connectivity index (χ1n) is 11.6. The van der Waals surface area contributed by atoms with E-state index in [1.807, 2.05) is 18.2 Å². The minimum Gasteiger partial charge on any atom is -0.369 e. The van der Waals surface area contributed by atoms with Crippen LogP contribution in [0.25, 0.3) is 0 Å². The van der Waals surface area contributed by atoms with Gasteiger partial charge in [-0.1, -0.05) is 43.2 Å². The first-order valence-corrected chi connectivity index (χ1v) is 11.6. The van der Waals surface area contributed by atoms with E-state index in [0.29, 0.717) is 24.3 Å². The molecule has 4 unspecified atom stereocenters. The van der Waals surface area contributed by atoms with E-state index in [4.69, 9.17) is 5.73 Å². The van der Waals surface area contributed by atoms with Crippen LogP contribution in [0, 0.1) is 17.7 Å². The number of primary amides is 1. The molecule has 1 aliphatic carbocycles. The van der Waals surface area contributed by atoms with Crippen molar-refractivity contribution < 1.29 is 18.8 Å². The number of halogens is 1. The lowest BCUT2D eigenvalue weighted by atomic mass is 9.84. The van der Waals surface area contributed by atoms with Gasteiger partial charge in [0.25, 0.3) is 5.91 Å². The average Bonchev–Trinajstić information content (AvgIpc) is 3.22. The molecule has 1 saturated carbocycles. The second-order valence-electron chi connectivity index (χ2n) is 9.12. The predicted molar refractivity (Wildman–Crippen MR) is 123 cm³/mol. The van der Waals surface area contributed by atoms with Gasteiger partial charge in [0.15, 0.2) is 0 Å². The quantitative estimate of drug-likeness (QED) is 0.678. The van der Waals surface area contributed by atoms with Crippen molar-refractivity contribution in [3.8, 4) is 0 Å². The maximum atomic E-state index is 13.4. The fourth-order valence-electron chi connectivity index (χ4n) is 5.24. The Kier molecular flexibility index (Phi) is 7.06. The highest BCUT2D eigenvalue weighted by Crippen LogP contribution is 2.40. The number of nitrogens with two attached hydrogens (primary N) is 1. The summed E-state index contributed by atoms with van der Waals surface area (Å²) in [6.45, 7) is 0.0742. The van der Waals surface area contributed by atoms with Gasteiger partial charge in [0.05, 0.1) is 5.92 Å². The van der Waals surface area contributed by atoms with Crippen LogP contribution in [0.15, 0.2) is 54.6 Å². The summed E-state index contributed by atoms with van der Waals surface area (Å²) in [6, 6.07) is 14.4. The van der Waals surface area contributed by atoms with E-state index in [1.165, 1.54) is 12.1 Å². The predicted octanol–water partition coefficient (Wildman–Crippen LogP) is 3.06. The zero-order valence-electron chi connectivity index (χ0n) is 18.6. The monoisotopic (exact) mass is 451 g/mol. The lowest BCUT2D eigenvalue weighted by Crippen LogP contribution is -2.50. The molecule has 0 aromatic heterocycles. The van der Waals surface area contributed by atoms with Gasteiger partial charge < -0.3 is 16.0 Å². The summed E-state index contributed by atoms with van der Waals surface area (Å²) in [7, 11) is 0. The van der Waals surface area contributed by atoms with Crippen LogP contribution in [0.3, 0.4) is 0 Å². The molecule has 0 spiro atoms. The van der Waals surface area contributed by atoms with Gasteiger partial charge in [0, 0.05) is 18.2 Å². The molecule has 2 aromatic carbocycles. The van der Waals surface area contributed by atoms with Crippen molar-refractivity contribution in [1.82, 2.24) is 10.2 Å². The first kappa shape index (κ1) is 23.0. The van der Waals surface area contributed by atoms with E-state index in [-0.39, 0.29) is 30.2 Å². The minimum atomic E-state index is -0.624. The molecule has 0 radical (unpaired) electrons. The average molecular weight is 452 g/mol. The second-order valence-corrected chi connectivity index (χ2v) is 9.12. The molecule has 2 fully saturated rings. The molecule has 2 aromatic rings. The number of nitrogens with one attached hydrogen (secondary N) is 1. The molecule has 3 N–H and O–H groups in total. The van der Waals surface area contributed by atoms with E-state index >= 15 is 0 Å². The van der Waals surface area contributed by atoms with Crippen LogP contribution in [0.5, 0.6) is 0 Å². The van der Waals surface area contributed by atoms with Gasteiger partial charge in [-0.25, -0.2) is 4.39 Å². The molecule has 4 rings (SSSR count). The topological polar surface area (TPSA) is 92.5 Å². The minimum absolute atomic E-state index is 0.0633. The Morgan fingerprint density at radius 1 is 1.03 bits per heavy atom. The summed E-state index contributed by atoms with van der Waals surface area (Å²) in [6.07, 6.45) is 5.02. The molecule has 6 nitrogen and oxygen atoms in total. The molecule has 4 atom stereocenters. The lowest BCUT2D eigenvalue weighted by molar-refractivity contribution is -0.126. The molecule has 174 valence electrons. The number of carbonyl (C=O) groups is 3. The van der Waals surface area contributed by atoms with Crippen molar-refractivity contribution in [2.24, 2.45) is 17.6 Å². The Labute approximate surface area is 193 Å².